The fourth-order valence-corrected chi connectivity index (χ4v) is 3.38. The first kappa shape index (κ1) is 15.7. The lowest BCUT2D eigenvalue weighted by molar-refractivity contribution is 0.621. The van der Waals surface area contributed by atoms with Crippen molar-refractivity contribution >= 4 is 34.8 Å². The van der Waals surface area contributed by atoms with Gasteiger partial charge in [0.25, 0.3) is 0 Å². The third kappa shape index (κ3) is 3.15. The normalized spacial score (nSPS) is 22.4. The number of halogens is 2. The first-order valence-electron chi connectivity index (χ1n) is 7.46. The zero-order chi connectivity index (χ0) is 14.7. The van der Waals surface area contributed by atoms with Gasteiger partial charge >= 0.3 is 0 Å². The van der Waals surface area contributed by atoms with E-state index in [1.165, 1.54) is 12.8 Å². The minimum absolute atomic E-state index is 0.477. The maximum Gasteiger partial charge on any atom is 0.150 e. The number of pyridine rings is 1. The molecule has 0 amide bonds. The first-order chi connectivity index (χ1) is 9.58. The van der Waals surface area contributed by atoms with Gasteiger partial charge in [0.1, 0.15) is 11.6 Å². The molecule has 0 saturated carbocycles. The largest absolute Gasteiger partial charge is 0.369 e. The zero-order valence-corrected chi connectivity index (χ0v) is 13.9. The molecule has 20 heavy (non-hydrogen) atoms. The van der Waals surface area contributed by atoms with Crippen LogP contribution in [0, 0.1) is 0 Å². The Morgan fingerprint density at radius 1 is 1.30 bits per heavy atom. The number of aromatic nitrogens is 1. The molecule has 1 aliphatic rings. The molecule has 0 aliphatic carbocycles. The van der Waals surface area contributed by atoms with Crippen molar-refractivity contribution in [2.75, 3.05) is 16.8 Å². The Labute approximate surface area is 131 Å². The summed E-state index contributed by atoms with van der Waals surface area (Å²) in [5, 5.41) is 4.51. The van der Waals surface area contributed by atoms with Crippen LogP contribution in [0.4, 0.5) is 11.6 Å². The summed E-state index contributed by atoms with van der Waals surface area (Å²) < 4.78 is 0. The van der Waals surface area contributed by atoms with Crippen LogP contribution in [0.1, 0.15) is 46.5 Å². The van der Waals surface area contributed by atoms with Gasteiger partial charge in [-0.05, 0) is 38.7 Å². The molecule has 1 fully saturated rings. The minimum Gasteiger partial charge on any atom is -0.369 e. The van der Waals surface area contributed by atoms with Gasteiger partial charge in [-0.3, -0.25) is 0 Å². The quantitative estimate of drug-likeness (QED) is 0.830. The van der Waals surface area contributed by atoms with Gasteiger partial charge in [-0.1, -0.05) is 37.0 Å². The molecular formula is C15H23Cl2N3. The molecule has 1 N–H and O–H groups in total. The molecule has 5 heteroatoms. The van der Waals surface area contributed by atoms with E-state index in [2.05, 4.69) is 31.0 Å². The molecule has 2 heterocycles. The second kappa shape index (κ2) is 6.86. The van der Waals surface area contributed by atoms with Crippen molar-refractivity contribution in [3.8, 4) is 0 Å². The van der Waals surface area contributed by atoms with Crippen molar-refractivity contribution in [2.24, 2.45) is 0 Å². The molecule has 112 valence electrons. The molecule has 1 saturated heterocycles. The molecular weight excluding hydrogens is 293 g/mol. The second-order valence-electron chi connectivity index (χ2n) is 5.45. The maximum atomic E-state index is 6.39. The van der Waals surface area contributed by atoms with Crippen molar-refractivity contribution in [1.82, 2.24) is 4.98 Å². The Morgan fingerprint density at radius 3 is 2.70 bits per heavy atom. The number of nitrogens with one attached hydrogen (secondary N) is 1. The summed E-state index contributed by atoms with van der Waals surface area (Å²) in [7, 11) is 0. The molecule has 2 rings (SSSR count). The molecule has 2 unspecified atom stereocenters. The van der Waals surface area contributed by atoms with Gasteiger partial charge in [0.15, 0.2) is 0 Å². The lowest BCUT2D eigenvalue weighted by atomic mass is 10.1. The SMILES string of the molecule is CCCNc1nc(N2C(C)CCC2CC)c(Cl)cc1Cl. The van der Waals surface area contributed by atoms with Crippen molar-refractivity contribution in [2.45, 2.75) is 58.5 Å². The second-order valence-corrected chi connectivity index (χ2v) is 6.26. The van der Waals surface area contributed by atoms with Crippen LogP contribution >= 0.6 is 23.2 Å². The maximum absolute atomic E-state index is 6.39. The Hall–Kier alpha value is -0.670. The summed E-state index contributed by atoms with van der Waals surface area (Å²) >= 11 is 12.6. The predicted molar refractivity (Wildman–Crippen MR) is 88.3 cm³/mol. The van der Waals surface area contributed by atoms with E-state index in [0.29, 0.717) is 22.1 Å². The van der Waals surface area contributed by atoms with Crippen molar-refractivity contribution < 1.29 is 0 Å². The third-order valence-corrected chi connectivity index (χ3v) is 4.52. The van der Waals surface area contributed by atoms with Crippen molar-refractivity contribution in [3.05, 3.63) is 16.1 Å². The van der Waals surface area contributed by atoms with Gasteiger partial charge in [-0.15, -0.1) is 0 Å². The van der Waals surface area contributed by atoms with E-state index in [1.54, 1.807) is 6.07 Å². The average molecular weight is 316 g/mol. The smallest absolute Gasteiger partial charge is 0.150 e. The Kier molecular flexibility index (Phi) is 5.39. The average Bonchev–Trinajstić information content (AvgIpc) is 2.79. The Morgan fingerprint density at radius 2 is 2.05 bits per heavy atom. The summed E-state index contributed by atoms with van der Waals surface area (Å²) in [5.74, 6) is 1.60. The van der Waals surface area contributed by atoms with Crippen LogP contribution in [0.2, 0.25) is 10.0 Å². The summed E-state index contributed by atoms with van der Waals surface area (Å²) in [5.41, 5.74) is 0. The van der Waals surface area contributed by atoms with E-state index in [4.69, 9.17) is 28.2 Å². The summed E-state index contributed by atoms with van der Waals surface area (Å²) in [6.07, 6.45) is 4.54. The van der Waals surface area contributed by atoms with Gasteiger partial charge < -0.3 is 10.2 Å². The van der Waals surface area contributed by atoms with Crippen LogP contribution in [0.3, 0.4) is 0 Å². The Balaban J connectivity index is 2.34. The van der Waals surface area contributed by atoms with Gasteiger partial charge in [-0.2, -0.15) is 0 Å². The van der Waals surface area contributed by atoms with Gasteiger partial charge in [0, 0.05) is 18.6 Å². The van der Waals surface area contributed by atoms with Gasteiger partial charge in [-0.25, -0.2) is 4.98 Å². The minimum atomic E-state index is 0.477. The number of hydrogen-bond donors (Lipinski definition) is 1. The van der Waals surface area contributed by atoms with E-state index in [0.717, 1.165) is 31.0 Å². The highest BCUT2D eigenvalue weighted by Crippen LogP contribution is 2.38. The van der Waals surface area contributed by atoms with E-state index in [9.17, 15) is 0 Å². The van der Waals surface area contributed by atoms with Crippen LogP contribution in [-0.2, 0) is 0 Å². The molecule has 3 nitrogen and oxygen atoms in total. The van der Waals surface area contributed by atoms with Crippen LogP contribution in [0.15, 0.2) is 6.07 Å². The van der Waals surface area contributed by atoms with E-state index >= 15 is 0 Å². The highest BCUT2D eigenvalue weighted by Gasteiger charge is 2.32. The first-order valence-corrected chi connectivity index (χ1v) is 8.22. The molecule has 0 aromatic carbocycles. The van der Waals surface area contributed by atoms with Gasteiger partial charge in [0.2, 0.25) is 0 Å². The fraction of sp³-hybridized carbons (Fsp3) is 0.667. The highest BCUT2D eigenvalue weighted by atomic mass is 35.5. The topological polar surface area (TPSA) is 28.2 Å². The number of rotatable bonds is 5. The summed E-state index contributed by atoms with van der Waals surface area (Å²) in [6, 6.07) is 2.81. The lowest BCUT2D eigenvalue weighted by Crippen LogP contribution is -2.35. The lowest BCUT2D eigenvalue weighted by Gasteiger charge is -2.30. The molecule has 1 aliphatic heterocycles. The van der Waals surface area contributed by atoms with Crippen LogP contribution in [0.25, 0.3) is 0 Å². The van der Waals surface area contributed by atoms with Crippen LogP contribution in [0.5, 0.6) is 0 Å². The zero-order valence-electron chi connectivity index (χ0n) is 12.4. The predicted octanol–water partition coefficient (Wildman–Crippen LogP) is 4.98. The molecule has 1 aromatic rings. The number of nitrogens with zero attached hydrogens (tertiary/aromatic N) is 2. The van der Waals surface area contributed by atoms with Gasteiger partial charge in [0.05, 0.1) is 10.0 Å². The Bertz CT molecular complexity index is 465. The standard InChI is InChI=1S/C15H23Cl2N3/c1-4-8-18-14-12(16)9-13(17)15(19-14)20-10(3)6-7-11(20)5-2/h9-11H,4-8H2,1-3H3,(H,18,19). The molecule has 2 atom stereocenters. The number of hydrogen-bond acceptors (Lipinski definition) is 3. The van der Waals surface area contributed by atoms with Crippen LogP contribution < -0.4 is 10.2 Å². The third-order valence-electron chi connectivity index (χ3n) is 3.96. The summed E-state index contributed by atoms with van der Waals surface area (Å²) in [4.78, 5) is 7.05. The van der Waals surface area contributed by atoms with Crippen molar-refractivity contribution in [3.63, 3.8) is 0 Å². The van der Waals surface area contributed by atoms with E-state index in [1.807, 2.05) is 0 Å². The molecule has 0 radical (unpaired) electrons. The highest BCUT2D eigenvalue weighted by molar-refractivity contribution is 6.37. The van der Waals surface area contributed by atoms with E-state index in [-0.39, 0.29) is 0 Å². The molecule has 0 spiro atoms. The molecule has 0 bridgehead atoms. The summed E-state index contributed by atoms with van der Waals surface area (Å²) in [6.45, 7) is 7.44. The van der Waals surface area contributed by atoms with Crippen LogP contribution in [-0.4, -0.2) is 23.6 Å². The van der Waals surface area contributed by atoms with Crippen molar-refractivity contribution in [1.29, 1.82) is 0 Å². The molecule has 1 aromatic heterocycles. The van der Waals surface area contributed by atoms with E-state index < -0.39 is 0 Å². The monoisotopic (exact) mass is 315 g/mol. The number of anilines is 2. The fourth-order valence-electron chi connectivity index (χ4n) is 2.86.